The maximum atomic E-state index is 13.0. The van der Waals surface area contributed by atoms with Crippen LogP contribution in [0.2, 0.25) is 5.02 Å². The fourth-order valence-electron chi connectivity index (χ4n) is 3.39. The molecule has 1 saturated heterocycles. The highest BCUT2D eigenvalue weighted by Gasteiger charge is 2.35. The number of hydrogen-bond acceptors (Lipinski definition) is 4. The number of hydrogen-bond donors (Lipinski definition) is 1. The summed E-state index contributed by atoms with van der Waals surface area (Å²) >= 11 is 6.23. The van der Waals surface area contributed by atoms with Gasteiger partial charge in [0.05, 0.1) is 24.1 Å². The maximum absolute atomic E-state index is 13.0. The van der Waals surface area contributed by atoms with Crippen LogP contribution in [0.4, 0.5) is 5.69 Å². The largest absolute Gasteiger partial charge is 0.307 e. The van der Waals surface area contributed by atoms with Crippen molar-refractivity contribution in [3.8, 4) is 0 Å². The topological polar surface area (TPSA) is 66.5 Å². The Bertz CT molecular complexity index is 902. The molecule has 0 bridgehead atoms. The van der Waals surface area contributed by atoms with Crippen LogP contribution >= 0.6 is 11.6 Å². The third kappa shape index (κ3) is 4.89. The molecule has 1 N–H and O–H groups in total. The van der Waals surface area contributed by atoms with Crippen molar-refractivity contribution in [3.05, 3.63) is 65.2 Å². The number of halogens is 1. The number of nitrogens with zero attached hydrogens (tertiary/aromatic N) is 1. The molecule has 144 valence electrons. The number of benzene rings is 2. The van der Waals surface area contributed by atoms with Crippen LogP contribution in [0, 0.1) is 0 Å². The third-order valence-corrected chi connectivity index (χ3v) is 6.90. The van der Waals surface area contributed by atoms with Crippen LogP contribution in [0.5, 0.6) is 0 Å². The predicted molar refractivity (Wildman–Crippen MR) is 109 cm³/mol. The highest BCUT2D eigenvalue weighted by molar-refractivity contribution is 7.91. The molecule has 1 amide bonds. The Balaban J connectivity index is 1.75. The van der Waals surface area contributed by atoms with Gasteiger partial charge < -0.3 is 10.2 Å². The average Bonchev–Trinajstić information content (AvgIpc) is 3.00. The summed E-state index contributed by atoms with van der Waals surface area (Å²) in [4.78, 5) is 14.6. The van der Waals surface area contributed by atoms with E-state index in [4.69, 9.17) is 11.6 Å². The molecule has 1 aliphatic heterocycles. The second kappa shape index (κ2) is 8.42. The van der Waals surface area contributed by atoms with Crippen LogP contribution in [0.3, 0.4) is 0 Å². The molecular formula is C20H23ClN2O3S. The smallest absolute Gasteiger partial charge is 0.241 e. The Morgan fingerprint density at radius 3 is 2.48 bits per heavy atom. The molecular weight excluding hydrogens is 384 g/mol. The first kappa shape index (κ1) is 19.9. The maximum Gasteiger partial charge on any atom is 0.241 e. The number of rotatable bonds is 6. The lowest BCUT2D eigenvalue weighted by Gasteiger charge is -2.29. The second-order valence-corrected chi connectivity index (χ2v) is 9.42. The molecule has 2 aromatic carbocycles. The standard InChI is InChI=1S/C20H23ClN2O3S/c1-15(18-9-5-6-10-19(18)21)22-13-20(24)23(16-7-3-2-4-8-16)17-11-12-27(25,26)14-17/h2-10,15,17,22H,11-14H2,1H3/t15-,17-/m1/s1. The van der Waals surface area contributed by atoms with E-state index < -0.39 is 9.84 Å². The van der Waals surface area contributed by atoms with Crippen molar-refractivity contribution in [2.24, 2.45) is 0 Å². The normalized spacial score (nSPS) is 19.6. The molecule has 0 saturated carbocycles. The molecule has 1 heterocycles. The number of anilines is 1. The van der Waals surface area contributed by atoms with E-state index in [1.807, 2.05) is 61.5 Å². The quantitative estimate of drug-likeness (QED) is 0.799. The van der Waals surface area contributed by atoms with E-state index in [-0.39, 0.29) is 36.0 Å². The third-order valence-electron chi connectivity index (χ3n) is 4.81. The van der Waals surface area contributed by atoms with E-state index >= 15 is 0 Å². The summed E-state index contributed by atoms with van der Waals surface area (Å²) in [6.45, 7) is 2.04. The monoisotopic (exact) mass is 406 g/mol. The molecule has 1 fully saturated rings. The van der Waals surface area contributed by atoms with Gasteiger partial charge in [0.1, 0.15) is 0 Å². The number of carbonyl (C=O) groups is 1. The van der Waals surface area contributed by atoms with Gasteiger partial charge in [0.15, 0.2) is 9.84 Å². The van der Waals surface area contributed by atoms with E-state index in [1.165, 1.54) is 0 Å². The zero-order chi connectivity index (χ0) is 19.4. The molecule has 1 aliphatic rings. The molecule has 0 radical (unpaired) electrons. The Morgan fingerprint density at radius 1 is 1.19 bits per heavy atom. The molecule has 2 aromatic rings. The minimum atomic E-state index is -3.09. The van der Waals surface area contributed by atoms with Gasteiger partial charge in [0.25, 0.3) is 0 Å². The summed E-state index contributed by atoms with van der Waals surface area (Å²) in [5.74, 6) is -0.0203. The van der Waals surface area contributed by atoms with Gasteiger partial charge >= 0.3 is 0 Å². The molecule has 5 nitrogen and oxygen atoms in total. The lowest BCUT2D eigenvalue weighted by atomic mass is 10.1. The molecule has 0 unspecified atom stereocenters. The van der Waals surface area contributed by atoms with Gasteiger partial charge in [-0.05, 0) is 37.1 Å². The van der Waals surface area contributed by atoms with E-state index in [1.54, 1.807) is 4.90 Å². The molecule has 2 atom stereocenters. The van der Waals surface area contributed by atoms with Crippen LogP contribution in [0.15, 0.2) is 54.6 Å². The number of para-hydroxylation sites is 1. The summed E-state index contributed by atoms with van der Waals surface area (Å²) < 4.78 is 23.8. The summed E-state index contributed by atoms with van der Waals surface area (Å²) in [7, 11) is -3.09. The average molecular weight is 407 g/mol. The van der Waals surface area contributed by atoms with Gasteiger partial charge in [-0.3, -0.25) is 4.79 Å². The van der Waals surface area contributed by atoms with Crippen LogP contribution < -0.4 is 10.2 Å². The number of carbonyl (C=O) groups excluding carboxylic acids is 1. The Labute approximate surface area is 165 Å². The fourth-order valence-corrected chi connectivity index (χ4v) is 5.39. The van der Waals surface area contributed by atoms with Crippen molar-refractivity contribution in [1.82, 2.24) is 5.32 Å². The Hall–Kier alpha value is -1.89. The zero-order valence-corrected chi connectivity index (χ0v) is 16.7. The van der Waals surface area contributed by atoms with Gasteiger partial charge in [0, 0.05) is 16.8 Å². The van der Waals surface area contributed by atoms with Crippen LogP contribution in [0.25, 0.3) is 0 Å². The fraction of sp³-hybridized carbons (Fsp3) is 0.350. The lowest BCUT2D eigenvalue weighted by Crippen LogP contribution is -2.46. The van der Waals surface area contributed by atoms with E-state index in [9.17, 15) is 13.2 Å². The highest BCUT2D eigenvalue weighted by atomic mass is 35.5. The van der Waals surface area contributed by atoms with Gasteiger partial charge in [-0.25, -0.2) is 8.42 Å². The van der Waals surface area contributed by atoms with Crippen LogP contribution in [-0.4, -0.2) is 38.4 Å². The van der Waals surface area contributed by atoms with Gasteiger partial charge in [0.2, 0.25) is 5.91 Å². The van der Waals surface area contributed by atoms with Crippen molar-refractivity contribution in [2.45, 2.75) is 25.4 Å². The molecule has 0 aliphatic carbocycles. The molecule has 0 spiro atoms. The Morgan fingerprint density at radius 2 is 1.85 bits per heavy atom. The first-order valence-electron chi connectivity index (χ1n) is 8.93. The van der Waals surface area contributed by atoms with Crippen LogP contribution in [-0.2, 0) is 14.6 Å². The SMILES string of the molecule is C[C@@H](NCC(=O)N(c1ccccc1)[C@@H]1CCS(=O)(=O)C1)c1ccccc1Cl. The first-order chi connectivity index (χ1) is 12.9. The molecule has 27 heavy (non-hydrogen) atoms. The summed E-state index contributed by atoms with van der Waals surface area (Å²) in [5, 5.41) is 3.85. The predicted octanol–water partition coefficient (Wildman–Crippen LogP) is 3.21. The summed E-state index contributed by atoms with van der Waals surface area (Å²) in [6.07, 6.45) is 0.461. The zero-order valence-electron chi connectivity index (χ0n) is 15.1. The van der Waals surface area contributed by atoms with Gasteiger partial charge in [-0.15, -0.1) is 0 Å². The molecule has 3 rings (SSSR count). The summed E-state index contributed by atoms with van der Waals surface area (Å²) in [6, 6.07) is 16.3. The molecule has 0 aromatic heterocycles. The second-order valence-electron chi connectivity index (χ2n) is 6.78. The van der Waals surface area contributed by atoms with E-state index in [2.05, 4.69) is 5.32 Å². The highest BCUT2D eigenvalue weighted by Crippen LogP contribution is 2.25. The summed E-state index contributed by atoms with van der Waals surface area (Å²) in [5.41, 5.74) is 1.64. The first-order valence-corrected chi connectivity index (χ1v) is 11.1. The van der Waals surface area contributed by atoms with Crippen molar-refractivity contribution >= 4 is 33.0 Å². The van der Waals surface area contributed by atoms with Crippen LogP contribution in [0.1, 0.15) is 24.9 Å². The van der Waals surface area contributed by atoms with Crippen molar-refractivity contribution in [3.63, 3.8) is 0 Å². The number of sulfone groups is 1. The van der Waals surface area contributed by atoms with Gasteiger partial charge in [-0.1, -0.05) is 48.0 Å². The minimum absolute atomic E-state index is 0.00764. The Kier molecular flexibility index (Phi) is 6.19. The van der Waals surface area contributed by atoms with E-state index in [0.29, 0.717) is 11.4 Å². The van der Waals surface area contributed by atoms with Crippen molar-refractivity contribution < 1.29 is 13.2 Å². The number of amides is 1. The van der Waals surface area contributed by atoms with E-state index in [0.717, 1.165) is 11.3 Å². The molecule has 7 heteroatoms. The number of nitrogens with one attached hydrogen (secondary N) is 1. The van der Waals surface area contributed by atoms with Crippen molar-refractivity contribution in [2.75, 3.05) is 23.0 Å². The van der Waals surface area contributed by atoms with Gasteiger partial charge in [-0.2, -0.15) is 0 Å². The minimum Gasteiger partial charge on any atom is -0.307 e. The van der Waals surface area contributed by atoms with Crippen molar-refractivity contribution in [1.29, 1.82) is 0 Å². The lowest BCUT2D eigenvalue weighted by molar-refractivity contribution is -0.118.